The van der Waals surface area contributed by atoms with E-state index >= 15 is 0 Å². The number of amides is 1. The number of hydrogen-bond acceptors (Lipinski definition) is 3. The quantitative estimate of drug-likeness (QED) is 0.240. The van der Waals surface area contributed by atoms with Gasteiger partial charge in [-0.25, -0.2) is 0 Å². The minimum absolute atomic E-state index is 0. The molecule has 1 amide bonds. The molecule has 0 fully saturated rings. The predicted octanol–water partition coefficient (Wildman–Crippen LogP) is 4.21. The molecule has 2 aromatic rings. The fraction of sp³-hybridized carbons (Fsp3) is 0.368. The topological polar surface area (TPSA) is 56.7 Å². The average Bonchev–Trinajstić information content (AvgIpc) is 3.19. The molecule has 1 heterocycles. The number of alkyl halides is 3. The van der Waals surface area contributed by atoms with Crippen molar-refractivity contribution >= 4 is 47.2 Å². The number of benzene rings is 1. The summed E-state index contributed by atoms with van der Waals surface area (Å²) < 4.78 is 37.9. The maximum atomic E-state index is 12.6. The van der Waals surface area contributed by atoms with Gasteiger partial charge >= 0.3 is 6.18 Å². The monoisotopic (exact) mass is 540 g/mol. The number of aliphatic imine (C=N–C) groups is 1. The Morgan fingerprint density at radius 1 is 1.14 bits per heavy atom. The van der Waals surface area contributed by atoms with Crippen LogP contribution in [0.25, 0.3) is 0 Å². The second kappa shape index (κ2) is 12.0. The van der Waals surface area contributed by atoms with Crippen LogP contribution in [-0.4, -0.2) is 44.0 Å². The lowest BCUT2D eigenvalue weighted by molar-refractivity contribution is -0.137. The Bertz CT molecular complexity index is 780. The zero-order chi connectivity index (χ0) is 20.6. The van der Waals surface area contributed by atoms with Crippen molar-refractivity contribution in [3.05, 3.63) is 57.8 Å². The summed E-state index contributed by atoms with van der Waals surface area (Å²) in [6.45, 7) is 1.56. The Labute approximate surface area is 189 Å². The van der Waals surface area contributed by atoms with Crippen LogP contribution in [0, 0.1) is 0 Å². The molecule has 0 bridgehead atoms. The average molecular weight is 540 g/mol. The van der Waals surface area contributed by atoms with Gasteiger partial charge in [0.15, 0.2) is 5.96 Å². The summed E-state index contributed by atoms with van der Waals surface area (Å²) in [5.74, 6) is 0.545. The van der Waals surface area contributed by atoms with E-state index in [-0.39, 0.29) is 29.9 Å². The Balaban J connectivity index is 0.00000420. The number of halogens is 4. The molecule has 2 N–H and O–H groups in total. The van der Waals surface area contributed by atoms with Gasteiger partial charge in [-0.15, -0.1) is 35.3 Å². The highest BCUT2D eigenvalue weighted by Crippen LogP contribution is 2.29. The first-order valence-electron chi connectivity index (χ1n) is 8.71. The Morgan fingerprint density at radius 3 is 2.34 bits per heavy atom. The molecule has 0 aliphatic carbocycles. The first kappa shape index (κ1) is 25.2. The largest absolute Gasteiger partial charge is 0.416 e. The second-order valence-electron chi connectivity index (χ2n) is 6.11. The zero-order valence-electron chi connectivity index (χ0n) is 16.1. The third-order valence-corrected chi connectivity index (χ3v) is 4.81. The highest BCUT2D eigenvalue weighted by Gasteiger charge is 2.29. The lowest BCUT2D eigenvalue weighted by atomic mass is 10.1. The Morgan fingerprint density at radius 2 is 1.79 bits per heavy atom. The van der Waals surface area contributed by atoms with E-state index in [9.17, 15) is 18.0 Å². The van der Waals surface area contributed by atoms with E-state index in [0.29, 0.717) is 36.9 Å². The summed E-state index contributed by atoms with van der Waals surface area (Å²) >= 11 is 1.39. The fourth-order valence-corrected chi connectivity index (χ4v) is 3.16. The minimum Gasteiger partial charge on any atom is -0.356 e. The molecule has 29 heavy (non-hydrogen) atoms. The van der Waals surface area contributed by atoms with E-state index in [1.807, 2.05) is 23.4 Å². The van der Waals surface area contributed by atoms with Crippen LogP contribution in [0.15, 0.2) is 46.8 Å². The fourth-order valence-electron chi connectivity index (χ4n) is 2.52. The summed E-state index contributed by atoms with van der Waals surface area (Å²) in [4.78, 5) is 18.5. The standard InChI is InChI=1S/C19H23F3N4OS.HI/c1-23-18(25-11-4-10-24-17(27)16-5-3-12-28-16)26(2)13-14-6-8-15(9-7-14)19(20,21)22;/h3,5-9,12H,4,10-11,13H2,1-2H3,(H,23,25)(H,24,27);1H. The summed E-state index contributed by atoms with van der Waals surface area (Å²) in [6, 6.07) is 8.69. The molecule has 0 saturated heterocycles. The van der Waals surface area contributed by atoms with Crippen LogP contribution in [0.2, 0.25) is 0 Å². The van der Waals surface area contributed by atoms with E-state index in [4.69, 9.17) is 0 Å². The van der Waals surface area contributed by atoms with E-state index in [0.717, 1.165) is 17.7 Å². The van der Waals surface area contributed by atoms with Crippen molar-refractivity contribution in [2.24, 2.45) is 4.99 Å². The van der Waals surface area contributed by atoms with Crippen molar-refractivity contribution in [2.45, 2.75) is 19.1 Å². The second-order valence-corrected chi connectivity index (χ2v) is 7.06. The van der Waals surface area contributed by atoms with Gasteiger partial charge in [0.1, 0.15) is 0 Å². The van der Waals surface area contributed by atoms with Crippen LogP contribution in [0.5, 0.6) is 0 Å². The van der Waals surface area contributed by atoms with Crippen LogP contribution < -0.4 is 10.6 Å². The lowest BCUT2D eigenvalue weighted by Gasteiger charge is -2.22. The van der Waals surface area contributed by atoms with Gasteiger partial charge in [0.25, 0.3) is 5.91 Å². The number of nitrogens with zero attached hydrogens (tertiary/aromatic N) is 2. The van der Waals surface area contributed by atoms with Gasteiger partial charge in [0, 0.05) is 33.7 Å². The summed E-state index contributed by atoms with van der Waals surface area (Å²) in [6.07, 6.45) is -3.62. The van der Waals surface area contributed by atoms with Gasteiger partial charge in [0.2, 0.25) is 0 Å². The van der Waals surface area contributed by atoms with Crippen molar-refractivity contribution in [1.29, 1.82) is 0 Å². The van der Waals surface area contributed by atoms with Gasteiger partial charge in [-0.3, -0.25) is 9.79 Å². The smallest absolute Gasteiger partial charge is 0.356 e. The molecule has 5 nitrogen and oxygen atoms in total. The predicted molar refractivity (Wildman–Crippen MR) is 121 cm³/mol. The molecule has 0 aliphatic heterocycles. The molecule has 0 unspecified atom stereocenters. The SMILES string of the molecule is CN=C(NCCCNC(=O)c1cccs1)N(C)Cc1ccc(C(F)(F)F)cc1.I. The molecular formula is C19H24F3IN4OS. The molecular weight excluding hydrogens is 516 g/mol. The summed E-state index contributed by atoms with van der Waals surface area (Å²) in [5.41, 5.74) is 0.0904. The summed E-state index contributed by atoms with van der Waals surface area (Å²) in [5, 5.41) is 7.88. The number of carbonyl (C=O) groups excluding carboxylic acids is 1. The number of nitrogens with one attached hydrogen (secondary N) is 2. The Kier molecular flexibility index (Phi) is 10.4. The summed E-state index contributed by atoms with van der Waals surface area (Å²) in [7, 11) is 3.45. The third kappa shape index (κ3) is 8.21. The molecule has 160 valence electrons. The first-order chi connectivity index (χ1) is 13.3. The molecule has 0 radical (unpaired) electrons. The van der Waals surface area contributed by atoms with E-state index in [1.54, 1.807) is 13.1 Å². The zero-order valence-corrected chi connectivity index (χ0v) is 19.3. The molecule has 0 atom stereocenters. The van der Waals surface area contributed by atoms with Crippen molar-refractivity contribution in [2.75, 3.05) is 27.2 Å². The van der Waals surface area contributed by atoms with Gasteiger partial charge in [-0.2, -0.15) is 13.2 Å². The number of guanidine groups is 1. The van der Waals surface area contributed by atoms with Crippen LogP contribution in [0.3, 0.4) is 0 Å². The van der Waals surface area contributed by atoms with Crippen LogP contribution in [-0.2, 0) is 12.7 Å². The molecule has 0 saturated carbocycles. The highest BCUT2D eigenvalue weighted by atomic mass is 127. The van der Waals surface area contributed by atoms with Crippen molar-refractivity contribution in [1.82, 2.24) is 15.5 Å². The van der Waals surface area contributed by atoms with Crippen molar-refractivity contribution in [3.8, 4) is 0 Å². The van der Waals surface area contributed by atoms with E-state index in [1.165, 1.54) is 23.5 Å². The molecule has 1 aromatic heterocycles. The molecule has 0 spiro atoms. The number of carbonyl (C=O) groups is 1. The molecule has 10 heteroatoms. The highest BCUT2D eigenvalue weighted by molar-refractivity contribution is 14.0. The Hall–Kier alpha value is -1.82. The maximum Gasteiger partial charge on any atom is 0.416 e. The van der Waals surface area contributed by atoms with Crippen LogP contribution in [0.4, 0.5) is 13.2 Å². The number of thiophene rings is 1. The van der Waals surface area contributed by atoms with Gasteiger partial charge in [-0.05, 0) is 35.6 Å². The normalized spacial score (nSPS) is 11.6. The van der Waals surface area contributed by atoms with Gasteiger partial charge < -0.3 is 15.5 Å². The van der Waals surface area contributed by atoms with E-state index in [2.05, 4.69) is 15.6 Å². The lowest BCUT2D eigenvalue weighted by Crippen LogP contribution is -2.39. The van der Waals surface area contributed by atoms with Crippen LogP contribution in [0.1, 0.15) is 27.2 Å². The van der Waals surface area contributed by atoms with Crippen molar-refractivity contribution < 1.29 is 18.0 Å². The first-order valence-corrected chi connectivity index (χ1v) is 9.59. The maximum absolute atomic E-state index is 12.6. The third-order valence-electron chi connectivity index (χ3n) is 3.94. The van der Waals surface area contributed by atoms with E-state index < -0.39 is 11.7 Å². The number of hydrogen-bond donors (Lipinski definition) is 2. The molecule has 0 aliphatic rings. The molecule has 1 aromatic carbocycles. The van der Waals surface area contributed by atoms with Gasteiger partial charge in [-0.1, -0.05) is 18.2 Å². The van der Waals surface area contributed by atoms with Crippen molar-refractivity contribution in [3.63, 3.8) is 0 Å². The van der Waals surface area contributed by atoms with Gasteiger partial charge in [0.05, 0.1) is 10.4 Å². The molecule has 2 rings (SSSR count). The minimum atomic E-state index is -4.33. The number of rotatable bonds is 7. The van der Waals surface area contributed by atoms with Crippen LogP contribution >= 0.6 is 35.3 Å².